The van der Waals surface area contributed by atoms with Gasteiger partial charge in [-0.2, -0.15) is 8.42 Å². The van der Waals surface area contributed by atoms with Gasteiger partial charge in [0.2, 0.25) is 0 Å². The van der Waals surface area contributed by atoms with Crippen LogP contribution in [-0.4, -0.2) is 50.9 Å². The molecule has 14 heteroatoms. The zero-order valence-electron chi connectivity index (χ0n) is 21.4. The van der Waals surface area contributed by atoms with E-state index in [2.05, 4.69) is 4.98 Å². The van der Waals surface area contributed by atoms with Crippen molar-refractivity contribution in [3.8, 4) is 11.5 Å². The van der Waals surface area contributed by atoms with Crippen LogP contribution < -0.4 is 19.3 Å². The van der Waals surface area contributed by atoms with Crippen molar-refractivity contribution in [1.29, 1.82) is 0 Å². The minimum atomic E-state index is -4.50. The minimum absolute atomic E-state index is 0.0176. The molecule has 0 atom stereocenters. The van der Waals surface area contributed by atoms with E-state index in [0.29, 0.717) is 41.2 Å². The topological polar surface area (TPSA) is 141 Å². The molecule has 0 fully saturated rings. The van der Waals surface area contributed by atoms with Crippen LogP contribution in [0.5, 0.6) is 11.5 Å². The molecule has 0 spiro atoms. The Labute approximate surface area is 228 Å². The Bertz CT molecular complexity index is 1410. The van der Waals surface area contributed by atoms with Crippen molar-refractivity contribution in [2.75, 3.05) is 20.8 Å². The molecule has 10 nitrogen and oxygen atoms in total. The van der Waals surface area contributed by atoms with Gasteiger partial charge in [-0.25, -0.2) is 23.6 Å². The van der Waals surface area contributed by atoms with Gasteiger partial charge in [-0.3, -0.25) is 9.59 Å². The highest BCUT2D eigenvalue weighted by Gasteiger charge is 2.28. The number of thiazole rings is 1. The van der Waals surface area contributed by atoms with Crippen LogP contribution in [0.3, 0.4) is 0 Å². The minimum Gasteiger partial charge on any atom is -0.496 e. The molecule has 0 radical (unpaired) electrons. The van der Waals surface area contributed by atoms with Gasteiger partial charge in [0.05, 0.1) is 20.8 Å². The number of aromatic nitrogens is 1. The molecule has 3 aromatic rings. The van der Waals surface area contributed by atoms with Crippen LogP contribution in [0.2, 0.25) is 0 Å². The van der Waals surface area contributed by atoms with E-state index >= 15 is 0 Å². The van der Waals surface area contributed by atoms with E-state index in [1.165, 1.54) is 23.8 Å². The number of nitrogens with two attached hydrogens (primary N) is 1. The molecule has 0 saturated heterocycles. The maximum atomic E-state index is 13.7. The van der Waals surface area contributed by atoms with Crippen molar-refractivity contribution in [3.05, 3.63) is 74.7 Å². The summed E-state index contributed by atoms with van der Waals surface area (Å²) in [5.74, 6) is -0.967. The lowest BCUT2D eigenvalue weighted by atomic mass is 10.1. The van der Waals surface area contributed by atoms with Crippen LogP contribution in [0, 0.1) is 6.92 Å². The summed E-state index contributed by atoms with van der Waals surface area (Å²) < 4.78 is 62.1. The summed E-state index contributed by atoms with van der Waals surface area (Å²) in [7, 11) is -1.58. The Kier molecular flexibility index (Phi) is 9.94. The average molecular weight is 583 g/mol. The number of aryl methyl sites for hydroxylation is 1. The number of amides is 2. The first kappa shape index (κ1) is 29.9. The fraction of sp³-hybridized carbons (Fsp3) is 0.320. The zero-order chi connectivity index (χ0) is 28.7. The molecule has 0 aliphatic carbocycles. The third-order valence-electron chi connectivity index (χ3n) is 5.69. The number of nitrogens with zero attached hydrogens (tertiary/aromatic N) is 2. The van der Waals surface area contributed by atoms with E-state index in [0.717, 1.165) is 5.56 Å². The highest BCUT2D eigenvalue weighted by atomic mass is 32.2. The Morgan fingerprint density at radius 2 is 1.74 bits per heavy atom. The van der Waals surface area contributed by atoms with Crippen LogP contribution >= 0.6 is 11.3 Å². The van der Waals surface area contributed by atoms with Gasteiger partial charge in [0.25, 0.3) is 28.4 Å². The average Bonchev–Trinajstić information content (AvgIpc) is 3.32. The number of carbonyl (C=O) groups is 2. The number of ether oxygens (including phenoxy) is 2. The maximum Gasteiger partial charge on any atom is 0.299 e. The summed E-state index contributed by atoms with van der Waals surface area (Å²) >= 11 is 0.510. The van der Waals surface area contributed by atoms with Crippen LogP contribution in [-0.2, 0) is 23.2 Å². The van der Waals surface area contributed by atoms with Crippen molar-refractivity contribution < 1.29 is 36.3 Å². The van der Waals surface area contributed by atoms with Crippen LogP contribution in [0.4, 0.5) is 8.78 Å². The van der Waals surface area contributed by atoms with Crippen molar-refractivity contribution in [2.24, 2.45) is 5.14 Å². The molecule has 210 valence electrons. The van der Waals surface area contributed by atoms with E-state index in [9.17, 15) is 26.8 Å². The summed E-state index contributed by atoms with van der Waals surface area (Å²) in [5, 5.41) is 4.82. The number of alkyl halides is 2. The van der Waals surface area contributed by atoms with E-state index in [-0.39, 0.29) is 23.7 Å². The molecule has 0 bridgehead atoms. The maximum absolute atomic E-state index is 13.7. The Hall–Kier alpha value is -3.62. The number of halogens is 2. The molecule has 0 aliphatic rings. The van der Waals surface area contributed by atoms with Gasteiger partial charge in [0.15, 0.2) is 0 Å². The molecule has 1 aromatic heterocycles. The van der Waals surface area contributed by atoms with Gasteiger partial charge in [-0.05, 0) is 37.5 Å². The number of rotatable bonds is 12. The number of methoxy groups -OCH3 is 2. The molecule has 1 heterocycles. The molecule has 0 aliphatic heterocycles. The second kappa shape index (κ2) is 13.0. The second-order valence-corrected chi connectivity index (χ2v) is 10.8. The molecule has 0 saturated carbocycles. The monoisotopic (exact) mass is 582 g/mol. The number of nitrogens with one attached hydrogen (secondary N) is 1. The summed E-state index contributed by atoms with van der Waals surface area (Å²) in [6.07, 6.45) is -1.92. The fourth-order valence-electron chi connectivity index (χ4n) is 3.86. The highest BCUT2D eigenvalue weighted by Crippen LogP contribution is 2.32. The SMILES string of the molecule is COc1cc(C(=O)N(CCCc2ccccc2)Cc2nc(C(=O)NS(N)(=O)=O)c(C(F)F)s2)cc(OC)c1C. The smallest absolute Gasteiger partial charge is 0.299 e. The first-order chi connectivity index (χ1) is 18.4. The predicted octanol–water partition coefficient (Wildman–Crippen LogP) is 3.61. The Balaban J connectivity index is 1.95. The zero-order valence-corrected chi connectivity index (χ0v) is 23.1. The Morgan fingerprint density at radius 3 is 2.28 bits per heavy atom. The Morgan fingerprint density at radius 1 is 1.13 bits per heavy atom. The molecule has 3 rings (SSSR count). The summed E-state index contributed by atoms with van der Waals surface area (Å²) in [4.78, 5) is 30.6. The molecular weight excluding hydrogens is 554 g/mol. The predicted molar refractivity (Wildman–Crippen MR) is 141 cm³/mol. The number of benzene rings is 2. The van der Waals surface area contributed by atoms with Gasteiger partial charge in [-0.1, -0.05) is 30.3 Å². The fourth-order valence-corrected chi connectivity index (χ4v) is 5.15. The molecular formula is C25H28F2N4O6S2. The highest BCUT2D eigenvalue weighted by molar-refractivity contribution is 7.87. The first-order valence-corrected chi connectivity index (χ1v) is 14.0. The van der Waals surface area contributed by atoms with E-state index < -0.39 is 39.0 Å². The largest absolute Gasteiger partial charge is 0.496 e. The quantitative estimate of drug-likeness (QED) is 0.332. The number of hydrogen-bond donors (Lipinski definition) is 2. The van der Waals surface area contributed by atoms with Crippen LogP contribution in [0.1, 0.15) is 54.7 Å². The summed E-state index contributed by atoms with van der Waals surface area (Å²) in [5.41, 5.74) is 1.22. The van der Waals surface area contributed by atoms with Crippen LogP contribution in [0.15, 0.2) is 42.5 Å². The van der Waals surface area contributed by atoms with Gasteiger partial charge < -0.3 is 14.4 Å². The standard InChI is InChI=1S/C25H28F2N4O6S2/c1-15-18(36-2)12-17(13-19(15)37-3)25(33)31(11-7-10-16-8-5-4-6-9-16)14-20-29-21(22(38-20)23(26)27)24(32)30-39(28,34)35/h4-6,8-9,12-13,23H,7,10-11,14H2,1-3H3,(H,30,32)(H2,28,34,35). The lowest BCUT2D eigenvalue weighted by Crippen LogP contribution is -2.36. The third kappa shape index (κ3) is 7.94. The first-order valence-electron chi connectivity index (χ1n) is 11.6. The van der Waals surface area contributed by atoms with E-state index in [1.54, 1.807) is 19.1 Å². The molecule has 3 N–H and O–H groups in total. The normalized spacial score (nSPS) is 11.4. The lowest BCUT2D eigenvalue weighted by Gasteiger charge is -2.23. The molecule has 2 amide bonds. The van der Waals surface area contributed by atoms with Crippen molar-refractivity contribution in [2.45, 2.75) is 32.7 Å². The van der Waals surface area contributed by atoms with Gasteiger partial charge >= 0.3 is 0 Å². The van der Waals surface area contributed by atoms with E-state index in [1.807, 2.05) is 30.3 Å². The third-order valence-corrected chi connectivity index (χ3v) is 7.21. The van der Waals surface area contributed by atoms with Gasteiger partial charge in [-0.15, -0.1) is 11.3 Å². The second-order valence-electron chi connectivity index (χ2n) is 8.42. The van der Waals surface area contributed by atoms with Crippen molar-refractivity contribution in [1.82, 2.24) is 14.6 Å². The lowest BCUT2D eigenvalue weighted by molar-refractivity contribution is 0.0740. The summed E-state index contributed by atoms with van der Waals surface area (Å²) in [6.45, 7) is 1.80. The number of hydrogen-bond acceptors (Lipinski definition) is 8. The van der Waals surface area contributed by atoms with Crippen LogP contribution in [0.25, 0.3) is 0 Å². The van der Waals surface area contributed by atoms with Gasteiger partial charge in [0, 0.05) is 17.7 Å². The summed E-state index contributed by atoms with van der Waals surface area (Å²) in [6, 6.07) is 12.7. The molecule has 39 heavy (non-hydrogen) atoms. The van der Waals surface area contributed by atoms with Crippen molar-refractivity contribution >= 4 is 33.4 Å². The van der Waals surface area contributed by atoms with Gasteiger partial charge in [0.1, 0.15) is 27.1 Å². The van der Waals surface area contributed by atoms with Crippen molar-refractivity contribution in [3.63, 3.8) is 0 Å². The van der Waals surface area contributed by atoms with E-state index in [4.69, 9.17) is 14.6 Å². The molecule has 0 unspecified atom stereocenters. The number of carbonyl (C=O) groups excluding carboxylic acids is 2. The molecule has 2 aromatic carbocycles.